The van der Waals surface area contributed by atoms with Gasteiger partial charge in [-0.2, -0.15) is 0 Å². The van der Waals surface area contributed by atoms with Crippen LogP contribution in [0.5, 0.6) is 0 Å². The summed E-state index contributed by atoms with van der Waals surface area (Å²) in [5, 5.41) is 22.9. The fourth-order valence-corrected chi connectivity index (χ4v) is 5.65. The number of nitrogens with one attached hydrogen (secondary N) is 1. The van der Waals surface area contributed by atoms with Crippen molar-refractivity contribution >= 4 is 5.91 Å². The van der Waals surface area contributed by atoms with Crippen molar-refractivity contribution in [3.63, 3.8) is 0 Å². The minimum absolute atomic E-state index is 0.0362. The van der Waals surface area contributed by atoms with Crippen molar-refractivity contribution in [3.8, 4) is 0 Å². The molecule has 0 aromatic heterocycles. The number of rotatable bonds is 33. The van der Waals surface area contributed by atoms with Crippen LogP contribution in [0.4, 0.5) is 0 Å². The van der Waals surface area contributed by atoms with Gasteiger partial charge in [0.25, 0.3) is 0 Å². The Bertz CT molecular complexity index is 550. The number of hydrogen-bond donors (Lipinski definition) is 3. The molecule has 0 rings (SSSR count). The van der Waals surface area contributed by atoms with Crippen LogP contribution in [0, 0.1) is 0 Å². The molecule has 2 atom stereocenters. The average Bonchev–Trinajstić information content (AvgIpc) is 2.97. The summed E-state index contributed by atoms with van der Waals surface area (Å²) >= 11 is 0. The molecule has 1 amide bonds. The van der Waals surface area contributed by atoms with Gasteiger partial charge in [0, 0.05) is 6.42 Å². The molecule has 0 aromatic rings. The van der Waals surface area contributed by atoms with Crippen LogP contribution in [-0.2, 0) is 4.79 Å². The van der Waals surface area contributed by atoms with Crippen molar-refractivity contribution in [2.75, 3.05) is 6.61 Å². The van der Waals surface area contributed by atoms with Crippen LogP contribution in [0.1, 0.15) is 200 Å². The van der Waals surface area contributed by atoms with Crippen LogP contribution in [-0.4, -0.2) is 34.9 Å². The molecule has 0 saturated heterocycles. The molecule has 0 fully saturated rings. The van der Waals surface area contributed by atoms with Crippen LogP contribution >= 0.6 is 0 Å². The molecule has 4 nitrogen and oxygen atoms in total. The summed E-state index contributed by atoms with van der Waals surface area (Å²) in [6.45, 7) is 4.32. The van der Waals surface area contributed by atoms with Crippen LogP contribution in [0.25, 0.3) is 0 Å². The molecule has 0 aliphatic heterocycles. The number of allylic oxidation sites excluding steroid dienone is 2. The number of unbranched alkanes of at least 4 members (excludes halogenated alkanes) is 24. The van der Waals surface area contributed by atoms with E-state index in [4.69, 9.17) is 0 Å². The first-order valence-corrected chi connectivity index (χ1v) is 18.4. The third-order valence-electron chi connectivity index (χ3n) is 8.53. The monoisotopic (exact) mass is 580 g/mol. The Hall–Kier alpha value is -0.870. The van der Waals surface area contributed by atoms with Crippen molar-refractivity contribution in [1.82, 2.24) is 5.32 Å². The number of carbonyl (C=O) groups excluding carboxylic acids is 1. The first-order valence-electron chi connectivity index (χ1n) is 18.4. The number of carbonyl (C=O) groups is 1. The van der Waals surface area contributed by atoms with Gasteiger partial charge in [0.05, 0.1) is 18.8 Å². The molecule has 0 spiro atoms. The Morgan fingerprint density at radius 1 is 0.561 bits per heavy atom. The third-order valence-corrected chi connectivity index (χ3v) is 8.53. The summed E-state index contributed by atoms with van der Waals surface area (Å²) in [6, 6.07) is -0.530. The van der Waals surface area contributed by atoms with E-state index in [1.165, 1.54) is 148 Å². The number of aliphatic hydroxyl groups excluding tert-OH is 2. The Labute approximate surface area is 256 Å². The summed E-state index contributed by atoms with van der Waals surface area (Å²) in [7, 11) is 0. The van der Waals surface area contributed by atoms with E-state index < -0.39 is 12.1 Å². The molecule has 0 saturated carbocycles. The normalized spacial score (nSPS) is 13.2. The van der Waals surface area contributed by atoms with Crippen molar-refractivity contribution in [2.24, 2.45) is 0 Å². The maximum Gasteiger partial charge on any atom is 0.220 e. The summed E-state index contributed by atoms with van der Waals surface area (Å²) < 4.78 is 0. The van der Waals surface area contributed by atoms with E-state index in [2.05, 4.69) is 31.3 Å². The van der Waals surface area contributed by atoms with Crippen molar-refractivity contribution in [3.05, 3.63) is 12.2 Å². The smallest absolute Gasteiger partial charge is 0.220 e. The Balaban J connectivity index is 3.48. The van der Waals surface area contributed by atoms with E-state index >= 15 is 0 Å². The first kappa shape index (κ1) is 40.1. The summed E-state index contributed by atoms with van der Waals surface area (Å²) in [6.07, 6.45) is 39.9. The molecule has 3 N–H and O–H groups in total. The van der Waals surface area contributed by atoms with Crippen LogP contribution in [0.2, 0.25) is 0 Å². The van der Waals surface area contributed by atoms with E-state index in [9.17, 15) is 15.0 Å². The lowest BCUT2D eigenvalue weighted by Crippen LogP contribution is -2.45. The van der Waals surface area contributed by atoms with Gasteiger partial charge in [0.1, 0.15) is 0 Å². The second-order valence-electron chi connectivity index (χ2n) is 12.6. The average molecular weight is 580 g/mol. The molecule has 0 aromatic carbocycles. The lowest BCUT2D eigenvalue weighted by atomic mass is 10.0. The zero-order valence-corrected chi connectivity index (χ0v) is 27.8. The largest absolute Gasteiger partial charge is 0.394 e. The SMILES string of the molecule is CCCCCCCCCC/C=C\CCCCCCCCCCCC(=O)NC(CO)C(O)CCCCCCCCCC. The quantitative estimate of drug-likeness (QED) is 0.0535. The van der Waals surface area contributed by atoms with Crippen molar-refractivity contribution in [2.45, 2.75) is 212 Å². The van der Waals surface area contributed by atoms with Gasteiger partial charge in [0.15, 0.2) is 0 Å². The maximum absolute atomic E-state index is 12.3. The number of amides is 1. The van der Waals surface area contributed by atoms with Crippen molar-refractivity contribution < 1.29 is 15.0 Å². The predicted octanol–water partition coefficient (Wildman–Crippen LogP) is 10.7. The topological polar surface area (TPSA) is 69.6 Å². The first-order chi connectivity index (χ1) is 20.2. The van der Waals surface area contributed by atoms with Crippen LogP contribution < -0.4 is 5.32 Å². The molecule has 0 bridgehead atoms. The van der Waals surface area contributed by atoms with Gasteiger partial charge < -0.3 is 15.5 Å². The van der Waals surface area contributed by atoms with Gasteiger partial charge in [-0.3, -0.25) is 4.79 Å². The standard InChI is InChI=1S/C37H73NO3/c1-3-5-7-9-11-13-14-15-16-17-18-19-20-21-22-23-24-25-27-29-31-33-37(41)38-35(34-39)36(40)32-30-28-26-12-10-8-6-4-2/h17-18,35-36,39-40H,3-16,19-34H2,1-2H3,(H,38,41)/b18-17-. The second-order valence-corrected chi connectivity index (χ2v) is 12.6. The number of aliphatic hydroxyl groups is 2. The van der Waals surface area contributed by atoms with E-state index in [-0.39, 0.29) is 12.5 Å². The summed E-state index contributed by atoms with van der Waals surface area (Å²) in [4.78, 5) is 12.3. The highest BCUT2D eigenvalue weighted by molar-refractivity contribution is 5.76. The molecule has 0 aliphatic rings. The van der Waals surface area contributed by atoms with Gasteiger partial charge in [-0.15, -0.1) is 0 Å². The van der Waals surface area contributed by atoms with Gasteiger partial charge in [-0.1, -0.05) is 167 Å². The highest BCUT2D eigenvalue weighted by Crippen LogP contribution is 2.14. The van der Waals surface area contributed by atoms with E-state index in [0.717, 1.165) is 25.7 Å². The summed E-state index contributed by atoms with van der Waals surface area (Å²) in [5.74, 6) is -0.0362. The van der Waals surface area contributed by atoms with Crippen LogP contribution in [0.3, 0.4) is 0 Å². The maximum atomic E-state index is 12.3. The molecule has 244 valence electrons. The van der Waals surface area contributed by atoms with Gasteiger partial charge in [-0.25, -0.2) is 0 Å². The lowest BCUT2D eigenvalue weighted by Gasteiger charge is -2.22. The van der Waals surface area contributed by atoms with E-state index in [1.807, 2.05) is 0 Å². The molecule has 0 radical (unpaired) electrons. The number of hydrogen-bond acceptors (Lipinski definition) is 3. The molecule has 0 aliphatic carbocycles. The van der Waals surface area contributed by atoms with Gasteiger partial charge >= 0.3 is 0 Å². The minimum atomic E-state index is -0.653. The van der Waals surface area contributed by atoms with Crippen LogP contribution in [0.15, 0.2) is 12.2 Å². The van der Waals surface area contributed by atoms with Crippen molar-refractivity contribution in [1.29, 1.82) is 0 Å². The Morgan fingerprint density at radius 2 is 0.927 bits per heavy atom. The fraction of sp³-hybridized carbons (Fsp3) is 0.919. The molecule has 0 heterocycles. The molecular weight excluding hydrogens is 506 g/mol. The summed E-state index contributed by atoms with van der Waals surface area (Å²) in [5.41, 5.74) is 0. The lowest BCUT2D eigenvalue weighted by molar-refractivity contribution is -0.123. The molecule has 2 unspecified atom stereocenters. The predicted molar refractivity (Wildman–Crippen MR) is 179 cm³/mol. The van der Waals surface area contributed by atoms with E-state index in [0.29, 0.717) is 12.8 Å². The Morgan fingerprint density at radius 3 is 1.34 bits per heavy atom. The molecule has 41 heavy (non-hydrogen) atoms. The zero-order chi connectivity index (χ0) is 30.1. The molecule has 4 heteroatoms. The third kappa shape index (κ3) is 30.4. The fourth-order valence-electron chi connectivity index (χ4n) is 5.65. The second kappa shape index (κ2) is 33.6. The van der Waals surface area contributed by atoms with Gasteiger partial charge in [0.2, 0.25) is 5.91 Å². The van der Waals surface area contributed by atoms with Gasteiger partial charge in [-0.05, 0) is 38.5 Å². The minimum Gasteiger partial charge on any atom is -0.394 e. The highest BCUT2D eigenvalue weighted by Gasteiger charge is 2.19. The zero-order valence-electron chi connectivity index (χ0n) is 27.8. The highest BCUT2D eigenvalue weighted by atomic mass is 16.3. The van der Waals surface area contributed by atoms with E-state index in [1.54, 1.807) is 0 Å². The Kier molecular flexibility index (Phi) is 32.9. The molecular formula is C37H73NO3.